The molecule has 1 aliphatic rings. The first-order chi connectivity index (χ1) is 6.65. The van der Waals surface area contributed by atoms with Crippen LogP contribution < -0.4 is 11.1 Å². The van der Waals surface area contributed by atoms with Crippen LogP contribution in [0, 0.1) is 5.92 Å². The molecule has 76 valence electrons. The Morgan fingerprint density at radius 3 is 2.79 bits per heavy atom. The van der Waals surface area contributed by atoms with E-state index in [4.69, 9.17) is 5.73 Å². The molecule has 5 nitrogen and oxygen atoms in total. The van der Waals surface area contributed by atoms with Gasteiger partial charge in [-0.1, -0.05) is 18.3 Å². The number of aromatic nitrogens is 2. The van der Waals surface area contributed by atoms with Crippen molar-refractivity contribution < 1.29 is 4.79 Å². The number of nitrogen functional groups attached to an aromatic ring is 1. The maximum atomic E-state index is 11.5. The van der Waals surface area contributed by atoms with E-state index in [9.17, 15) is 4.79 Å². The SMILES string of the molecule is CC1CC(NC(=O)c2nnc(N)s2)C1. The van der Waals surface area contributed by atoms with Gasteiger partial charge in [-0.25, -0.2) is 0 Å². The lowest BCUT2D eigenvalue weighted by molar-refractivity contribution is 0.0895. The zero-order valence-electron chi connectivity index (χ0n) is 7.86. The van der Waals surface area contributed by atoms with Crippen LogP contribution in [0.1, 0.15) is 29.6 Å². The van der Waals surface area contributed by atoms with E-state index in [1.165, 1.54) is 0 Å². The molecule has 0 spiro atoms. The van der Waals surface area contributed by atoms with Crippen molar-refractivity contribution in [1.82, 2.24) is 15.5 Å². The monoisotopic (exact) mass is 212 g/mol. The third kappa shape index (κ3) is 1.84. The molecule has 1 aromatic heterocycles. The summed E-state index contributed by atoms with van der Waals surface area (Å²) in [6.07, 6.45) is 2.11. The van der Waals surface area contributed by atoms with Crippen molar-refractivity contribution in [3.8, 4) is 0 Å². The van der Waals surface area contributed by atoms with Gasteiger partial charge in [0.25, 0.3) is 5.91 Å². The van der Waals surface area contributed by atoms with Crippen LogP contribution in [0.5, 0.6) is 0 Å². The third-order valence-electron chi connectivity index (χ3n) is 2.34. The zero-order valence-corrected chi connectivity index (χ0v) is 8.67. The molecule has 1 heterocycles. The van der Waals surface area contributed by atoms with E-state index in [0.717, 1.165) is 30.1 Å². The summed E-state index contributed by atoms with van der Waals surface area (Å²) >= 11 is 1.12. The Morgan fingerprint density at radius 1 is 1.57 bits per heavy atom. The van der Waals surface area contributed by atoms with E-state index in [0.29, 0.717) is 16.2 Å². The lowest BCUT2D eigenvalue weighted by atomic mass is 9.82. The van der Waals surface area contributed by atoms with Crippen molar-refractivity contribution in [2.45, 2.75) is 25.8 Å². The van der Waals surface area contributed by atoms with E-state index in [1.54, 1.807) is 0 Å². The predicted octanol–water partition coefficient (Wildman–Crippen LogP) is 0.649. The molecule has 0 unspecified atom stereocenters. The van der Waals surface area contributed by atoms with Crippen molar-refractivity contribution in [1.29, 1.82) is 0 Å². The van der Waals surface area contributed by atoms with E-state index in [-0.39, 0.29) is 5.91 Å². The van der Waals surface area contributed by atoms with Gasteiger partial charge < -0.3 is 11.1 Å². The average molecular weight is 212 g/mol. The number of rotatable bonds is 2. The van der Waals surface area contributed by atoms with Crippen molar-refractivity contribution in [3.05, 3.63) is 5.01 Å². The number of carbonyl (C=O) groups is 1. The van der Waals surface area contributed by atoms with E-state index in [2.05, 4.69) is 22.4 Å². The number of hydrogen-bond donors (Lipinski definition) is 2. The minimum Gasteiger partial charge on any atom is -0.374 e. The van der Waals surface area contributed by atoms with Crippen LogP contribution in [0.25, 0.3) is 0 Å². The minimum absolute atomic E-state index is 0.156. The predicted molar refractivity (Wildman–Crippen MR) is 54.0 cm³/mol. The zero-order chi connectivity index (χ0) is 10.1. The third-order valence-corrected chi connectivity index (χ3v) is 3.10. The summed E-state index contributed by atoms with van der Waals surface area (Å²) in [5.74, 6) is 0.566. The summed E-state index contributed by atoms with van der Waals surface area (Å²) < 4.78 is 0. The molecule has 0 atom stereocenters. The number of carbonyl (C=O) groups excluding carboxylic acids is 1. The average Bonchev–Trinajstić information content (AvgIpc) is 2.49. The molecule has 0 aromatic carbocycles. The molecule has 6 heteroatoms. The highest BCUT2D eigenvalue weighted by molar-refractivity contribution is 7.16. The Labute approximate surface area is 85.7 Å². The number of nitrogens with two attached hydrogens (primary N) is 1. The van der Waals surface area contributed by atoms with Crippen LogP contribution in [-0.2, 0) is 0 Å². The van der Waals surface area contributed by atoms with Crippen molar-refractivity contribution >= 4 is 22.4 Å². The summed E-state index contributed by atoms with van der Waals surface area (Å²) in [6.45, 7) is 2.17. The topological polar surface area (TPSA) is 80.9 Å². The van der Waals surface area contributed by atoms with Gasteiger partial charge in [-0.05, 0) is 18.8 Å². The first kappa shape index (κ1) is 9.39. The number of anilines is 1. The van der Waals surface area contributed by atoms with Crippen LogP contribution in [0.2, 0.25) is 0 Å². The van der Waals surface area contributed by atoms with Gasteiger partial charge >= 0.3 is 0 Å². The Bertz CT molecular complexity index is 345. The second-order valence-corrected chi connectivity index (χ2v) is 4.70. The van der Waals surface area contributed by atoms with Gasteiger partial charge in [0.1, 0.15) is 0 Å². The van der Waals surface area contributed by atoms with Crippen molar-refractivity contribution in [2.24, 2.45) is 5.92 Å². The van der Waals surface area contributed by atoms with E-state index in [1.807, 2.05) is 0 Å². The van der Waals surface area contributed by atoms with Crippen LogP contribution >= 0.6 is 11.3 Å². The molecule has 14 heavy (non-hydrogen) atoms. The van der Waals surface area contributed by atoms with Gasteiger partial charge in [0.2, 0.25) is 10.1 Å². The number of nitrogens with zero attached hydrogens (tertiary/aromatic N) is 2. The van der Waals surface area contributed by atoms with Crippen LogP contribution in [-0.4, -0.2) is 22.1 Å². The van der Waals surface area contributed by atoms with Gasteiger partial charge in [-0.3, -0.25) is 4.79 Å². The molecule has 2 rings (SSSR count). The molecule has 0 aliphatic heterocycles. The van der Waals surface area contributed by atoms with Gasteiger partial charge in [0.15, 0.2) is 0 Å². The second kappa shape index (κ2) is 3.53. The molecule has 0 bridgehead atoms. The minimum atomic E-state index is -0.156. The van der Waals surface area contributed by atoms with Crippen LogP contribution in [0.15, 0.2) is 0 Å². The maximum absolute atomic E-state index is 11.5. The van der Waals surface area contributed by atoms with Gasteiger partial charge in [-0.15, -0.1) is 10.2 Å². The smallest absolute Gasteiger partial charge is 0.282 e. The van der Waals surface area contributed by atoms with Gasteiger partial charge in [0.05, 0.1) is 0 Å². The molecule has 0 radical (unpaired) electrons. The molecule has 1 fully saturated rings. The molecule has 0 saturated heterocycles. The van der Waals surface area contributed by atoms with Gasteiger partial charge in [-0.2, -0.15) is 0 Å². The molecule has 1 saturated carbocycles. The Hall–Kier alpha value is -1.17. The summed E-state index contributed by atoms with van der Waals surface area (Å²) in [6, 6.07) is 0.308. The molecule has 1 amide bonds. The van der Waals surface area contributed by atoms with Gasteiger partial charge in [0, 0.05) is 6.04 Å². The molecule has 3 N–H and O–H groups in total. The van der Waals surface area contributed by atoms with E-state index >= 15 is 0 Å². The molecular weight excluding hydrogens is 200 g/mol. The normalized spacial score (nSPS) is 25.5. The fourth-order valence-electron chi connectivity index (χ4n) is 1.59. The molecular formula is C8H12N4OS. The fourth-order valence-corrected chi connectivity index (χ4v) is 2.11. The Morgan fingerprint density at radius 2 is 2.29 bits per heavy atom. The lowest BCUT2D eigenvalue weighted by Crippen LogP contribution is -2.43. The summed E-state index contributed by atoms with van der Waals surface area (Å²) in [4.78, 5) is 11.5. The summed E-state index contributed by atoms with van der Waals surface area (Å²) in [5.41, 5.74) is 5.38. The molecule has 1 aromatic rings. The van der Waals surface area contributed by atoms with Crippen molar-refractivity contribution in [2.75, 3.05) is 5.73 Å². The van der Waals surface area contributed by atoms with Crippen molar-refractivity contribution in [3.63, 3.8) is 0 Å². The first-order valence-electron chi connectivity index (χ1n) is 4.55. The fraction of sp³-hybridized carbons (Fsp3) is 0.625. The van der Waals surface area contributed by atoms with Crippen LogP contribution in [0.3, 0.4) is 0 Å². The van der Waals surface area contributed by atoms with Crippen LogP contribution in [0.4, 0.5) is 5.13 Å². The first-order valence-corrected chi connectivity index (χ1v) is 5.36. The lowest BCUT2D eigenvalue weighted by Gasteiger charge is -2.32. The summed E-state index contributed by atoms with van der Waals surface area (Å²) in [5, 5.41) is 10.8. The quantitative estimate of drug-likeness (QED) is 0.754. The summed E-state index contributed by atoms with van der Waals surface area (Å²) in [7, 11) is 0. The Kier molecular flexibility index (Phi) is 2.37. The van der Waals surface area contributed by atoms with E-state index < -0.39 is 0 Å². The highest BCUT2D eigenvalue weighted by atomic mass is 32.1. The second-order valence-electron chi connectivity index (χ2n) is 3.69. The number of hydrogen-bond acceptors (Lipinski definition) is 5. The Balaban J connectivity index is 1.90. The number of amides is 1. The highest BCUT2D eigenvalue weighted by Crippen LogP contribution is 2.26. The molecule has 1 aliphatic carbocycles. The maximum Gasteiger partial charge on any atom is 0.282 e. The number of nitrogens with one attached hydrogen (secondary N) is 1. The largest absolute Gasteiger partial charge is 0.374 e. The standard InChI is InChI=1S/C8H12N4OS/c1-4-2-5(3-4)10-6(13)7-11-12-8(9)14-7/h4-5H,2-3H2,1H3,(H2,9,12)(H,10,13). The highest BCUT2D eigenvalue weighted by Gasteiger charge is 2.27.